The van der Waals surface area contributed by atoms with Crippen molar-refractivity contribution in [1.29, 1.82) is 0 Å². The smallest absolute Gasteiger partial charge is 0.244 e. The average Bonchev–Trinajstić information content (AvgIpc) is 3.33. The zero-order valence-corrected chi connectivity index (χ0v) is 18.8. The van der Waals surface area contributed by atoms with Gasteiger partial charge in [-0.05, 0) is 69.5 Å². The lowest BCUT2D eigenvalue weighted by Crippen LogP contribution is -2.40. The first-order valence-electron chi connectivity index (χ1n) is 10.4. The molecule has 0 atom stereocenters. The summed E-state index contributed by atoms with van der Waals surface area (Å²) in [7, 11) is -3.59. The summed E-state index contributed by atoms with van der Waals surface area (Å²) in [5.74, 6) is -0.535. The van der Waals surface area contributed by atoms with Crippen LogP contribution in [0.1, 0.15) is 37.8 Å². The fourth-order valence-electron chi connectivity index (χ4n) is 4.19. The van der Waals surface area contributed by atoms with Gasteiger partial charge in [0.15, 0.2) is 0 Å². The maximum Gasteiger partial charge on any atom is 0.244 e. The van der Waals surface area contributed by atoms with Gasteiger partial charge in [0.25, 0.3) is 0 Å². The molecule has 0 saturated carbocycles. The molecule has 2 aromatic rings. The molecule has 0 aromatic heterocycles. The number of carbonyl (C=O) groups is 2. The number of sulfonamides is 1. The normalized spacial score (nSPS) is 18.3. The minimum atomic E-state index is -3.59. The van der Waals surface area contributed by atoms with Crippen LogP contribution in [0.2, 0.25) is 0 Å². The molecule has 2 heterocycles. The van der Waals surface area contributed by atoms with Crippen LogP contribution in [0.3, 0.4) is 0 Å². The molecule has 2 aromatic carbocycles. The summed E-state index contributed by atoms with van der Waals surface area (Å²) in [4.78, 5) is 27.4. The van der Waals surface area contributed by atoms with Crippen molar-refractivity contribution in [3.8, 4) is 0 Å². The van der Waals surface area contributed by atoms with Crippen LogP contribution < -0.4 is 10.2 Å². The molecular formula is C23H27N3O4S. The Balaban J connectivity index is 1.60. The van der Waals surface area contributed by atoms with Crippen LogP contribution in [0.5, 0.6) is 0 Å². The van der Waals surface area contributed by atoms with E-state index in [1.807, 2.05) is 31.2 Å². The van der Waals surface area contributed by atoms with E-state index >= 15 is 0 Å². The van der Waals surface area contributed by atoms with Gasteiger partial charge in [0.1, 0.15) is 6.54 Å². The second-order valence-corrected chi connectivity index (χ2v) is 10.7. The van der Waals surface area contributed by atoms with Crippen LogP contribution in [0, 0.1) is 6.92 Å². The van der Waals surface area contributed by atoms with E-state index in [1.165, 1.54) is 15.3 Å². The highest BCUT2D eigenvalue weighted by Gasteiger charge is 2.45. The summed E-state index contributed by atoms with van der Waals surface area (Å²) in [6.07, 6.45) is 1.72. The van der Waals surface area contributed by atoms with Crippen molar-refractivity contribution in [2.24, 2.45) is 0 Å². The Morgan fingerprint density at radius 2 is 1.71 bits per heavy atom. The van der Waals surface area contributed by atoms with E-state index in [4.69, 9.17) is 0 Å². The third-order valence-corrected chi connectivity index (χ3v) is 7.95. The molecule has 2 aliphatic rings. The number of carbonyl (C=O) groups excluding carboxylic acids is 2. The predicted octanol–water partition coefficient (Wildman–Crippen LogP) is 3.04. The number of hydrogen-bond donors (Lipinski definition) is 1. The lowest BCUT2D eigenvalue weighted by molar-refractivity contribution is -0.124. The largest absolute Gasteiger partial charge is 0.325 e. The molecule has 2 amide bonds. The van der Waals surface area contributed by atoms with Crippen molar-refractivity contribution in [3.63, 3.8) is 0 Å². The van der Waals surface area contributed by atoms with Gasteiger partial charge in [-0.1, -0.05) is 17.7 Å². The molecule has 0 aliphatic carbocycles. The van der Waals surface area contributed by atoms with Gasteiger partial charge in [0, 0.05) is 24.5 Å². The Morgan fingerprint density at radius 1 is 1.06 bits per heavy atom. The van der Waals surface area contributed by atoms with Crippen LogP contribution in [0.4, 0.5) is 11.4 Å². The van der Waals surface area contributed by atoms with Crippen molar-refractivity contribution in [3.05, 3.63) is 53.6 Å². The van der Waals surface area contributed by atoms with Gasteiger partial charge in [-0.15, -0.1) is 0 Å². The number of amides is 2. The number of benzene rings is 2. The number of nitrogens with zero attached hydrogens (tertiary/aromatic N) is 2. The summed E-state index contributed by atoms with van der Waals surface area (Å²) in [5, 5.41) is 2.81. The number of fused-ring (bicyclic) bond motifs is 1. The Bertz CT molecular complexity index is 1130. The first kappa shape index (κ1) is 21.5. The number of hydrogen-bond acceptors (Lipinski definition) is 4. The van der Waals surface area contributed by atoms with Gasteiger partial charge in [-0.25, -0.2) is 8.42 Å². The van der Waals surface area contributed by atoms with Crippen molar-refractivity contribution in [1.82, 2.24) is 4.31 Å². The molecule has 31 heavy (non-hydrogen) atoms. The third-order valence-electron chi connectivity index (χ3n) is 6.05. The first-order valence-corrected chi connectivity index (χ1v) is 11.9. The van der Waals surface area contributed by atoms with Crippen LogP contribution in [-0.2, 0) is 25.0 Å². The Morgan fingerprint density at radius 3 is 2.35 bits per heavy atom. The molecule has 0 bridgehead atoms. The van der Waals surface area contributed by atoms with E-state index in [0.717, 1.165) is 18.4 Å². The van der Waals surface area contributed by atoms with Gasteiger partial charge in [-0.3, -0.25) is 9.59 Å². The van der Waals surface area contributed by atoms with E-state index in [0.29, 0.717) is 30.0 Å². The van der Waals surface area contributed by atoms with Crippen molar-refractivity contribution < 1.29 is 18.0 Å². The second kappa shape index (κ2) is 7.76. The van der Waals surface area contributed by atoms with Crippen LogP contribution in [0.25, 0.3) is 0 Å². The molecule has 0 radical (unpaired) electrons. The fraction of sp³-hybridized carbons (Fsp3) is 0.391. The van der Waals surface area contributed by atoms with E-state index in [1.54, 1.807) is 26.0 Å². The van der Waals surface area contributed by atoms with Crippen LogP contribution in [-0.4, -0.2) is 44.2 Å². The highest BCUT2D eigenvalue weighted by molar-refractivity contribution is 7.89. The SMILES string of the molecule is Cc1ccc(NC(=O)CN2C(=O)C(C)(C)c3cc(S(=O)(=O)N4CCCC4)ccc32)cc1. The fourth-order valence-corrected chi connectivity index (χ4v) is 5.73. The molecular weight excluding hydrogens is 414 g/mol. The summed E-state index contributed by atoms with van der Waals surface area (Å²) >= 11 is 0. The highest BCUT2D eigenvalue weighted by atomic mass is 32.2. The minimum Gasteiger partial charge on any atom is -0.325 e. The van der Waals surface area contributed by atoms with Crippen molar-refractivity contribution in [2.45, 2.75) is 43.9 Å². The maximum atomic E-state index is 13.1. The van der Waals surface area contributed by atoms with Gasteiger partial charge in [-0.2, -0.15) is 4.31 Å². The molecule has 0 spiro atoms. The summed E-state index contributed by atoms with van der Waals surface area (Å²) in [5.41, 5.74) is 2.03. The lowest BCUT2D eigenvalue weighted by Gasteiger charge is -2.20. The van der Waals surface area contributed by atoms with Gasteiger partial charge >= 0.3 is 0 Å². The lowest BCUT2D eigenvalue weighted by atomic mass is 9.86. The molecule has 1 N–H and O–H groups in total. The van der Waals surface area contributed by atoms with E-state index in [-0.39, 0.29) is 23.3 Å². The minimum absolute atomic E-state index is 0.138. The Hall–Kier alpha value is -2.71. The zero-order valence-electron chi connectivity index (χ0n) is 18.0. The van der Waals surface area contributed by atoms with Crippen molar-refractivity contribution in [2.75, 3.05) is 29.9 Å². The second-order valence-electron chi connectivity index (χ2n) is 8.72. The number of aryl methyl sites for hydroxylation is 1. The van der Waals surface area contributed by atoms with Gasteiger partial charge in [0.2, 0.25) is 21.8 Å². The summed E-state index contributed by atoms with van der Waals surface area (Å²) < 4.78 is 27.4. The Kier molecular flexibility index (Phi) is 5.39. The number of rotatable bonds is 5. The molecule has 1 saturated heterocycles. The van der Waals surface area contributed by atoms with Gasteiger partial charge < -0.3 is 10.2 Å². The first-order chi connectivity index (χ1) is 14.6. The predicted molar refractivity (Wildman–Crippen MR) is 120 cm³/mol. The van der Waals surface area contributed by atoms with Gasteiger partial charge in [0.05, 0.1) is 10.3 Å². The molecule has 0 unspecified atom stereocenters. The molecule has 7 nitrogen and oxygen atoms in total. The molecule has 2 aliphatic heterocycles. The zero-order chi connectivity index (χ0) is 22.4. The molecule has 8 heteroatoms. The quantitative estimate of drug-likeness (QED) is 0.773. The molecule has 1 fully saturated rings. The maximum absolute atomic E-state index is 13.1. The highest BCUT2D eigenvalue weighted by Crippen LogP contribution is 2.42. The standard InChI is InChI=1S/C23H27N3O4S/c1-16-6-8-17(9-7-16)24-21(27)15-26-20-11-10-18(14-19(20)23(2,3)22(26)28)31(29,30)25-12-4-5-13-25/h6-11,14H,4-5,12-13,15H2,1-3H3,(H,24,27). The third kappa shape index (κ3) is 3.85. The monoisotopic (exact) mass is 441 g/mol. The Labute approximate surface area is 183 Å². The van der Waals surface area contributed by atoms with Crippen molar-refractivity contribution >= 4 is 33.2 Å². The average molecular weight is 442 g/mol. The number of nitrogens with one attached hydrogen (secondary N) is 1. The molecule has 164 valence electrons. The topological polar surface area (TPSA) is 86.8 Å². The van der Waals surface area contributed by atoms with E-state index in [9.17, 15) is 18.0 Å². The summed E-state index contributed by atoms with van der Waals surface area (Å²) in [6, 6.07) is 12.2. The van der Waals surface area contributed by atoms with E-state index in [2.05, 4.69) is 5.32 Å². The number of anilines is 2. The van der Waals surface area contributed by atoms with E-state index < -0.39 is 15.4 Å². The summed E-state index contributed by atoms with van der Waals surface area (Å²) in [6.45, 7) is 6.39. The van der Waals surface area contributed by atoms with Crippen LogP contribution >= 0.6 is 0 Å². The van der Waals surface area contributed by atoms with Crippen LogP contribution in [0.15, 0.2) is 47.4 Å². The molecule has 4 rings (SSSR count).